The molecule has 1 fully saturated rings. The number of aromatic nitrogens is 1. The lowest BCUT2D eigenvalue weighted by atomic mass is 10.2. The summed E-state index contributed by atoms with van der Waals surface area (Å²) in [5, 5.41) is 6.07. The molecule has 0 saturated heterocycles. The minimum absolute atomic E-state index is 0.0794. The molecule has 1 aromatic heterocycles. The van der Waals surface area contributed by atoms with E-state index < -0.39 is 0 Å². The van der Waals surface area contributed by atoms with Gasteiger partial charge in [0.2, 0.25) is 5.91 Å². The van der Waals surface area contributed by atoms with E-state index in [1.807, 2.05) is 18.3 Å². The molecule has 16 heavy (non-hydrogen) atoms. The van der Waals surface area contributed by atoms with Gasteiger partial charge in [-0.3, -0.25) is 9.78 Å². The van der Waals surface area contributed by atoms with Gasteiger partial charge in [-0.25, -0.2) is 0 Å². The molecule has 1 saturated carbocycles. The molecule has 1 heterocycles. The Hall–Kier alpha value is -1.42. The molecule has 86 valence electrons. The maximum atomic E-state index is 11.4. The molecule has 2 N–H and O–H groups in total. The van der Waals surface area contributed by atoms with Crippen LogP contribution in [-0.4, -0.2) is 30.0 Å². The van der Waals surface area contributed by atoms with Gasteiger partial charge in [0.25, 0.3) is 0 Å². The Morgan fingerprint density at radius 2 is 2.38 bits per heavy atom. The smallest absolute Gasteiger partial charge is 0.233 e. The molecule has 2 rings (SSSR count). The third kappa shape index (κ3) is 3.98. The van der Waals surface area contributed by atoms with Crippen molar-refractivity contribution in [2.45, 2.75) is 25.3 Å². The molecule has 0 radical (unpaired) electrons. The molecular formula is C12H17N3O. The minimum Gasteiger partial charge on any atom is -0.355 e. The molecule has 0 aliphatic heterocycles. The predicted molar refractivity (Wildman–Crippen MR) is 62.0 cm³/mol. The molecule has 4 nitrogen and oxygen atoms in total. The third-order valence-corrected chi connectivity index (χ3v) is 2.59. The van der Waals surface area contributed by atoms with E-state index in [0.717, 1.165) is 12.0 Å². The number of pyridine rings is 1. The van der Waals surface area contributed by atoms with Crippen LogP contribution in [0.4, 0.5) is 0 Å². The Bertz CT molecular complexity index is 335. The molecule has 0 atom stereocenters. The minimum atomic E-state index is 0.0794. The SMILES string of the molecule is O=C(CNC1CC1)NCCc1cccnc1. The largest absolute Gasteiger partial charge is 0.355 e. The van der Waals surface area contributed by atoms with Gasteiger partial charge in [-0.1, -0.05) is 6.07 Å². The summed E-state index contributed by atoms with van der Waals surface area (Å²) >= 11 is 0. The Kier molecular flexibility index (Phi) is 3.88. The molecule has 1 aliphatic rings. The third-order valence-electron chi connectivity index (χ3n) is 2.59. The van der Waals surface area contributed by atoms with Gasteiger partial charge in [0.05, 0.1) is 6.54 Å². The van der Waals surface area contributed by atoms with Crippen molar-refractivity contribution < 1.29 is 4.79 Å². The van der Waals surface area contributed by atoms with Crippen LogP contribution in [0.25, 0.3) is 0 Å². The van der Waals surface area contributed by atoms with Gasteiger partial charge in [-0.15, -0.1) is 0 Å². The summed E-state index contributed by atoms with van der Waals surface area (Å²) in [4.78, 5) is 15.4. The summed E-state index contributed by atoms with van der Waals surface area (Å²) in [5.74, 6) is 0.0794. The first-order valence-electron chi connectivity index (χ1n) is 5.73. The second-order valence-corrected chi connectivity index (χ2v) is 4.12. The molecule has 4 heteroatoms. The van der Waals surface area contributed by atoms with E-state index >= 15 is 0 Å². The molecular weight excluding hydrogens is 202 g/mol. The quantitative estimate of drug-likeness (QED) is 0.732. The van der Waals surface area contributed by atoms with Crippen LogP contribution < -0.4 is 10.6 Å². The topological polar surface area (TPSA) is 54.0 Å². The lowest BCUT2D eigenvalue weighted by molar-refractivity contribution is -0.120. The van der Waals surface area contributed by atoms with Gasteiger partial charge < -0.3 is 10.6 Å². The zero-order chi connectivity index (χ0) is 11.2. The van der Waals surface area contributed by atoms with Crippen LogP contribution in [0.1, 0.15) is 18.4 Å². The molecule has 0 bridgehead atoms. The monoisotopic (exact) mass is 219 g/mol. The number of hydrogen-bond donors (Lipinski definition) is 2. The highest BCUT2D eigenvalue weighted by Crippen LogP contribution is 2.17. The van der Waals surface area contributed by atoms with Crippen molar-refractivity contribution in [3.63, 3.8) is 0 Å². The Labute approximate surface area is 95.5 Å². The number of nitrogens with zero attached hydrogens (tertiary/aromatic N) is 1. The van der Waals surface area contributed by atoms with E-state index in [0.29, 0.717) is 19.1 Å². The lowest BCUT2D eigenvalue weighted by Crippen LogP contribution is -2.35. The Morgan fingerprint density at radius 3 is 3.06 bits per heavy atom. The number of carbonyl (C=O) groups is 1. The van der Waals surface area contributed by atoms with Gasteiger partial charge in [0, 0.05) is 25.0 Å². The van der Waals surface area contributed by atoms with E-state index in [2.05, 4.69) is 15.6 Å². The number of amides is 1. The number of nitrogens with one attached hydrogen (secondary N) is 2. The van der Waals surface area contributed by atoms with Gasteiger partial charge in [-0.05, 0) is 30.9 Å². The van der Waals surface area contributed by atoms with Crippen molar-refractivity contribution >= 4 is 5.91 Å². The molecule has 1 aliphatic carbocycles. The first-order valence-corrected chi connectivity index (χ1v) is 5.73. The maximum Gasteiger partial charge on any atom is 0.233 e. The zero-order valence-corrected chi connectivity index (χ0v) is 9.28. The fourth-order valence-electron chi connectivity index (χ4n) is 1.48. The van der Waals surface area contributed by atoms with E-state index in [1.165, 1.54) is 12.8 Å². The summed E-state index contributed by atoms with van der Waals surface area (Å²) in [7, 11) is 0. The van der Waals surface area contributed by atoms with Crippen LogP contribution >= 0.6 is 0 Å². The highest BCUT2D eigenvalue weighted by atomic mass is 16.1. The van der Waals surface area contributed by atoms with Gasteiger partial charge in [-0.2, -0.15) is 0 Å². The van der Waals surface area contributed by atoms with E-state index in [9.17, 15) is 4.79 Å². The molecule has 0 spiro atoms. The molecule has 1 amide bonds. The van der Waals surface area contributed by atoms with E-state index in [4.69, 9.17) is 0 Å². The Morgan fingerprint density at radius 1 is 1.50 bits per heavy atom. The summed E-state index contributed by atoms with van der Waals surface area (Å²) in [5.41, 5.74) is 1.15. The van der Waals surface area contributed by atoms with Crippen LogP contribution in [0.5, 0.6) is 0 Å². The van der Waals surface area contributed by atoms with Crippen molar-refractivity contribution in [2.24, 2.45) is 0 Å². The van der Waals surface area contributed by atoms with Gasteiger partial charge in [0.1, 0.15) is 0 Å². The zero-order valence-electron chi connectivity index (χ0n) is 9.28. The highest BCUT2D eigenvalue weighted by molar-refractivity contribution is 5.78. The van der Waals surface area contributed by atoms with Crippen LogP contribution in [-0.2, 0) is 11.2 Å². The fraction of sp³-hybridized carbons (Fsp3) is 0.500. The lowest BCUT2D eigenvalue weighted by Gasteiger charge is -2.05. The van der Waals surface area contributed by atoms with E-state index in [-0.39, 0.29) is 5.91 Å². The summed E-state index contributed by atoms with van der Waals surface area (Å²) in [6.07, 6.45) is 6.84. The van der Waals surface area contributed by atoms with Crippen molar-refractivity contribution in [1.82, 2.24) is 15.6 Å². The number of carbonyl (C=O) groups excluding carboxylic acids is 1. The summed E-state index contributed by atoms with van der Waals surface area (Å²) in [6.45, 7) is 1.12. The maximum absolute atomic E-state index is 11.4. The standard InChI is InChI=1S/C12H17N3O/c16-12(9-15-11-3-4-11)14-7-5-10-2-1-6-13-8-10/h1-2,6,8,11,15H,3-5,7,9H2,(H,14,16). The average Bonchev–Trinajstić information content (AvgIpc) is 3.12. The van der Waals surface area contributed by atoms with Gasteiger partial charge in [0.15, 0.2) is 0 Å². The van der Waals surface area contributed by atoms with Crippen LogP contribution in [0, 0.1) is 0 Å². The molecule has 1 aromatic rings. The van der Waals surface area contributed by atoms with Gasteiger partial charge >= 0.3 is 0 Å². The van der Waals surface area contributed by atoms with Crippen LogP contribution in [0.15, 0.2) is 24.5 Å². The van der Waals surface area contributed by atoms with Crippen molar-refractivity contribution in [2.75, 3.05) is 13.1 Å². The molecule has 0 unspecified atom stereocenters. The van der Waals surface area contributed by atoms with Crippen molar-refractivity contribution in [1.29, 1.82) is 0 Å². The summed E-state index contributed by atoms with van der Waals surface area (Å²) in [6, 6.07) is 4.51. The predicted octanol–water partition coefficient (Wildman–Crippen LogP) is 0.492. The number of rotatable bonds is 6. The second kappa shape index (κ2) is 5.61. The normalized spacial score (nSPS) is 14.8. The molecule has 0 aromatic carbocycles. The second-order valence-electron chi connectivity index (χ2n) is 4.12. The summed E-state index contributed by atoms with van der Waals surface area (Å²) < 4.78 is 0. The van der Waals surface area contributed by atoms with Crippen LogP contribution in [0.2, 0.25) is 0 Å². The van der Waals surface area contributed by atoms with Crippen molar-refractivity contribution in [3.8, 4) is 0 Å². The first kappa shape index (κ1) is 11.1. The number of hydrogen-bond acceptors (Lipinski definition) is 3. The highest BCUT2D eigenvalue weighted by Gasteiger charge is 2.20. The van der Waals surface area contributed by atoms with Crippen molar-refractivity contribution in [3.05, 3.63) is 30.1 Å². The fourth-order valence-corrected chi connectivity index (χ4v) is 1.48. The average molecular weight is 219 g/mol. The van der Waals surface area contributed by atoms with E-state index in [1.54, 1.807) is 6.20 Å². The van der Waals surface area contributed by atoms with Crippen LogP contribution in [0.3, 0.4) is 0 Å². The Balaban J connectivity index is 1.58. The first-order chi connectivity index (χ1) is 7.84.